The Balaban J connectivity index is 1.62. The third-order valence-electron chi connectivity index (χ3n) is 4.80. The van der Waals surface area contributed by atoms with Crippen LogP contribution in [-0.2, 0) is 11.3 Å². The molecule has 30 heavy (non-hydrogen) atoms. The van der Waals surface area contributed by atoms with Gasteiger partial charge >= 0.3 is 0 Å². The van der Waals surface area contributed by atoms with E-state index in [-0.39, 0.29) is 16.5 Å². The Labute approximate surface area is 178 Å². The zero-order valence-corrected chi connectivity index (χ0v) is 16.8. The third kappa shape index (κ3) is 3.86. The molecule has 1 unspecified atom stereocenters. The summed E-state index contributed by atoms with van der Waals surface area (Å²) >= 11 is 5.97. The average molecular weight is 425 g/mol. The number of carbonyl (C=O) groups excluding carboxylic acids is 2. The summed E-state index contributed by atoms with van der Waals surface area (Å²) in [6.07, 6.45) is -0.673. The largest absolute Gasteiger partial charge is 0.479 e. The van der Waals surface area contributed by atoms with Crippen LogP contribution >= 0.6 is 11.6 Å². The lowest BCUT2D eigenvalue weighted by molar-refractivity contribution is -0.125. The lowest BCUT2D eigenvalue weighted by Gasteiger charge is -2.33. The molecule has 7 heteroatoms. The third-order valence-corrected chi connectivity index (χ3v) is 5.11. The van der Waals surface area contributed by atoms with Gasteiger partial charge in [0, 0.05) is 11.8 Å². The number of ether oxygens (including phenoxy) is 1. The molecule has 0 aromatic heterocycles. The van der Waals surface area contributed by atoms with E-state index in [1.807, 2.05) is 30.3 Å². The second-order valence-corrected chi connectivity index (χ2v) is 7.31. The van der Waals surface area contributed by atoms with Gasteiger partial charge in [-0.1, -0.05) is 48.0 Å². The van der Waals surface area contributed by atoms with Crippen molar-refractivity contribution in [3.8, 4) is 5.75 Å². The summed E-state index contributed by atoms with van der Waals surface area (Å²) in [5.41, 5.74) is 1.76. The highest BCUT2D eigenvalue weighted by Gasteiger charge is 2.32. The fourth-order valence-electron chi connectivity index (χ4n) is 3.33. The molecule has 0 radical (unpaired) electrons. The summed E-state index contributed by atoms with van der Waals surface area (Å²) in [6.45, 7) is 2.07. The number of amides is 2. The minimum atomic E-state index is -0.706. The molecule has 1 aliphatic rings. The van der Waals surface area contributed by atoms with Crippen LogP contribution in [0, 0.1) is 5.82 Å². The van der Waals surface area contributed by atoms with Gasteiger partial charge < -0.3 is 15.0 Å². The van der Waals surface area contributed by atoms with Gasteiger partial charge in [-0.15, -0.1) is 0 Å². The topological polar surface area (TPSA) is 58.6 Å². The molecule has 1 N–H and O–H groups in total. The van der Waals surface area contributed by atoms with E-state index >= 15 is 0 Å². The van der Waals surface area contributed by atoms with Crippen LogP contribution in [0.3, 0.4) is 0 Å². The maximum Gasteiger partial charge on any atom is 0.268 e. The number of carbonyl (C=O) groups is 2. The van der Waals surface area contributed by atoms with Crippen molar-refractivity contribution in [2.24, 2.45) is 0 Å². The Morgan fingerprint density at radius 1 is 1.13 bits per heavy atom. The number of nitrogens with one attached hydrogen (secondary N) is 1. The Bertz CT molecular complexity index is 1100. The van der Waals surface area contributed by atoms with Crippen LogP contribution in [0.5, 0.6) is 5.75 Å². The molecule has 1 aliphatic heterocycles. The zero-order chi connectivity index (χ0) is 21.3. The number of nitrogens with zero attached hydrogens (tertiary/aromatic N) is 1. The standard InChI is InChI=1S/C23H18ClFN2O3/c1-14-23(29)27(13-15-6-3-2-4-7-15)19-11-10-16(12-20(19)30-14)26-22(28)21-17(24)8-5-9-18(21)25/h2-12,14H,13H2,1H3,(H,26,28). The molecule has 1 heterocycles. The predicted octanol–water partition coefficient (Wildman–Crippen LogP) is 5.05. The second kappa shape index (κ2) is 8.16. The quantitative estimate of drug-likeness (QED) is 0.638. The minimum Gasteiger partial charge on any atom is -0.479 e. The molecule has 152 valence electrons. The van der Waals surface area contributed by atoms with Crippen molar-refractivity contribution < 1.29 is 18.7 Å². The summed E-state index contributed by atoms with van der Waals surface area (Å²) < 4.78 is 19.8. The number of hydrogen-bond donors (Lipinski definition) is 1. The highest BCUT2D eigenvalue weighted by atomic mass is 35.5. The van der Waals surface area contributed by atoms with E-state index in [4.69, 9.17) is 16.3 Å². The molecule has 3 aromatic carbocycles. The van der Waals surface area contributed by atoms with E-state index in [1.165, 1.54) is 18.2 Å². The number of benzene rings is 3. The number of fused-ring (bicyclic) bond motifs is 1. The Kier molecular flexibility index (Phi) is 5.42. The zero-order valence-electron chi connectivity index (χ0n) is 16.1. The van der Waals surface area contributed by atoms with Gasteiger partial charge in [0.2, 0.25) is 0 Å². The average Bonchev–Trinajstić information content (AvgIpc) is 2.72. The Hall–Kier alpha value is -3.38. The van der Waals surface area contributed by atoms with Gasteiger partial charge in [-0.25, -0.2) is 4.39 Å². The highest BCUT2D eigenvalue weighted by Crippen LogP contribution is 2.37. The normalized spacial score (nSPS) is 15.4. The molecular formula is C23H18ClFN2O3. The van der Waals surface area contributed by atoms with Gasteiger partial charge in [-0.2, -0.15) is 0 Å². The minimum absolute atomic E-state index is 0.0231. The van der Waals surface area contributed by atoms with Crippen molar-refractivity contribution in [2.75, 3.05) is 10.2 Å². The van der Waals surface area contributed by atoms with Crippen molar-refractivity contribution in [3.63, 3.8) is 0 Å². The van der Waals surface area contributed by atoms with Gasteiger partial charge in [0.15, 0.2) is 6.10 Å². The van der Waals surface area contributed by atoms with Crippen LogP contribution < -0.4 is 15.0 Å². The van der Waals surface area contributed by atoms with Crippen LogP contribution in [0.15, 0.2) is 66.7 Å². The van der Waals surface area contributed by atoms with Gasteiger partial charge in [0.25, 0.3) is 11.8 Å². The van der Waals surface area contributed by atoms with Crippen LogP contribution in [0.1, 0.15) is 22.8 Å². The first-order chi connectivity index (χ1) is 14.4. The first-order valence-electron chi connectivity index (χ1n) is 9.35. The summed E-state index contributed by atoms with van der Waals surface area (Å²) in [6, 6.07) is 18.6. The van der Waals surface area contributed by atoms with Crippen molar-refractivity contribution in [1.82, 2.24) is 0 Å². The second-order valence-electron chi connectivity index (χ2n) is 6.90. The molecule has 2 amide bonds. The number of hydrogen-bond acceptors (Lipinski definition) is 3. The van der Waals surface area contributed by atoms with Crippen LogP contribution in [0.4, 0.5) is 15.8 Å². The van der Waals surface area contributed by atoms with E-state index in [9.17, 15) is 14.0 Å². The Morgan fingerprint density at radius 2 is 1.90 bits per heavy atom. The van der Waals surface area contributed by atoms with Crippen molar-refractivity contribution in [3.05, 3.63) is 88.7 Å². The van der Waals surface area contributed by atoms with Crippen molar-refractivity contribution in [2.45, 2.75) is 19.6 Å². The van der Waals surface area contributed by atoms with Gasteiger partial charge in [0.1, 0.15) is 11.6 Å². The lowest BCUT2D eigenvalue weighted by Crippen LogP contribution is -2.44. The van der Waals surface area contributed by atoms with Crippen LogP contribution in [0.2, 0.25) is 5.02 Å². The van der Waals surface area contributed by atoms with E-state index < -0.39 is 17.8 Å². The van der Waals surface area contributed by atoms with Gasteiger partial charge in [-0.05, 0) is 36.8 Å². The van der Waals surface area contributed by atoms with Crippen molar-refractivity contribution >= 4 is 34.8 Å². The smallest absolute Gasteiger partial charge is 0.268 e. The molecule has 0 saturated heterocycles. The van der Waals surface area contributed by atoms with Gasteiger partial charge in [-0.3, -0.25) is 9.59 Å². The molecule has 0 spiro atoms. The van der Waals surface area contributed by atoms with E-state index in [0.29, 0.717) is 23.7 Å². The van der Waals surface area contributed by atoms with E-state index in [2.05, 4.69) is 5.32 Å². The Morgan fingerprint density at radius 3 is 2.63 bits per heavy atom. The molecular weight excluding hydrogens is 407 g/mol. The van der Waals surface area contributed by atoms with E-state index in [0.717, 1.165) is 5.56 Å². The summed E-state index contributed by atoms with van der Waals surface area (Å²) in [4.78, 5) is 26.8. The van der Waals surface area contributed by atoms with Crippen molar-refractivity contribution in [1.29, 1.82) is 0 Å². The van der Waals surface area contributed by atoms with Crippen LogP contribution in [0.25, 0.3) is 0 Å². The van der Waals surface area contributed by atoms with Crippen LogP contribution in [-0.4, -0.2) is 17.9 Å². The first-order valence-corrected chi connectivity index (χ1v) is 9.73. The maximum absolute atomic E-state index is 14.0. The SMILES string of the molecule is CC1Oc2cc(NC(=O)c3c(F)cccc3Cl)ccc2N(Cc2ccccc2)C1=O. The predicted molar refractivity (Wildman–Crippen MR) is 114 cm³/mol. The molecule has 0 bridgehead atoms. The van der Waals surface area contributed by atoms with Gasteiger partial charge in [0.05, 0.1) is 22.8 Å². The van der Waals surface area contributed by atoms with E-state index in [1.54, 1.807) is 30.0 Å². The number of anilines is 2. The monoisotopic (exact) mass is 424 g/mol. The number of halogens is 2. The summed E-state index contributed by atoms with van der Waals surface area (Å²) in [5, 5.41) is 2.66. The first kappa shape index (κ1) is 19.9. The molecule has 0 fully saturated rings. The summed E-state index contributed by atoms with van der Waals surface area (Å²) in [5.74, 6) is -1.07. The fourth-order valence-corrected chi connectivity index (χ4v) is 3.57. The molecule has 0 aliphatic carbocycles. The molecule has 0 saturated carbocycles. The molecule has 1 atom stereocenters. The maximum atomic E-state index is 14.0. The summed E-state index contributed by atoms with van der Waals surface area (Å²) in [7, 11) is 0. The molecule has 4 rings (SSSR count). The number of rotatable bonds is 4. The molecule has 3 aromatic rings. The fraction of sp³-hybridized carbons (Fsp3) is 0.130. The molecule has 5 nitrogen and oxygen atoms in total. The lowest BCUT2D eigenvalue weighted by atomic mass is 10.1. The highest BCUT2D eigenvalue weighted by molar-refractivity contribution is 6.34.